The molecular formula is C19H19F2N7O2. The molecule has 3 aromatic heterocycles. The van der Waals surface area contributed by atoms with Gasteiger partial charge in [-0.1, -0.05) is 5.21 Å². The highest BCUT2D eigenvalue weighted by atomic mass is 19.3. The molecule has 9 nitrogen and oxygen atoms in total. The first-order valence-corrected chi connectivity index (χ1v) is 9.17. The summed E-state index contributed by atoms with van der Waals surface area (Å²) in [6.07, 6.45) is -0.0185. The maximum atomic E-state index is 12.9. The van der Waals surface area contributed by atoms with Crippen LogP contribution in [0.5, 0.6) is 0 Å². The van der Waals surface area contributed by atoms with Crippen LogP contribution in [0.15, 0.2) is 36.7 Å². The molecule has 1 unspecified atom stereocenters. The lowest BCUT2D eigenvalue weighted by molar-refractivity contribution is 0.0545. The number of amides is 1. The number of alkyl carbamates (subject to hydrolysis) is 1. The first-order chi connectivity index (χ1) is 14.3. The molecule has 1 aliphatic rings. The van der Waals surface area contributed by atoms with Crippen LogP contribution in [-0.4, -0.2) is 43.2 Å². The molecular weight excluding hydrogens is 396 g/mol. The van der Waals surface area contributed by atoms with Crippen molar-refractivity contribution in [1.29, 1.82) is 0 Å². The molecule has 2 N–H and O–H groups in total. The molecule has 0 aliphatic carbocycles. The molecule has 1 fully saturated rings. The third kappa shape index (κ3) is 4.34. The molecule has 1 saturated heterocycles. The van der Waals surface area contributed by atoms with E-state index in [1.165, 1.54) is 18.3 Å². The number of cyclic esters (lactones) is 1. The number of nitrogens with one attached hydrogen (secondary N) is 2. The van der Waals surface area contributed by atoms with Crippen molar-refractivity contribution in [3.05, 3.63) is 47.8 Å². The Morgan fingerprint density at radius 3 is 2.87 bits per heavy atom. The van der Waals surface area contributed by atoms with Crippen molar-refractivity contribution in [2.75, 3.05) is 11.9 Å². The predicted molar refractivity (Wildman–Crippen MR) is 103 cm³/mol. The van der Waals surface area contributed by atoms with Gasteiger partial charge in [-0.15, -0.1) is 5.10 Å². The monoisotopic (exact) mass is 415 g/mol. The third-order valence-corrected chi connectivity index (χ3v) is 4.51. The Balaban J connectivity index is 1.54. The lowest BCUT2D eigenvalue weighted by Crippen LogP contribution is -2.34. The Kier molecular flexibility index (Phi) is 5.02. The molecule has 0 bridgehead atoms. The highest BCUT2D eigenvalue weighted by Crippen LogP contribution is 2.25. The highest BCUT2D eigenvalue weighted by Gasteiger charge is 2.36. The van der Waals surface area contributed by atoms with Crippen molar-refractivity contribution in [1.82, 2.24) is 30.3 Å². The second-order valence-electron chi connectivity index (χ2n) is 7.31. The molecule has 0 aromatic carbocycles. The van der Waals surface area contributed by atoms with Crippen molar-refractivity contribution in [3.63, 3.8) is 0 Å². The first kappa shape index (κ1) is 19.7. The van der Waals surface area contributed by atoms with Gasteiger partial charge in [-0.2, -0.15) is 0 Å². The molecule has 1 atom stereocenters. The van der Waals surface area contributed by atoms with Gasteiger partial charge in [-0.3, -0.25) is 0 Å². The van der Waals surface area contributed by atoms with Crippen molar-refractivity contribution in [3.8, 4) is 11.4 Å². The van der Waals surface area contributed by atoms with E-state index in [0.717, 1.165) is 5.56 Å². The number of carbonyl (C=O) groups is 1. The Labute approximate surface area is 170 Å². The quantitative estimate of drug-likeness (QED) is 0.637. The van der Waals surface area contributed by atoms with E-state index in [0.29, 0.717) is 30.3 Å². The van der Waals surface area contributed by atoms with Crippen LogP contribution >= 0.6 is 0 Å². The van der Waals surface area contributed by atoms with E-state index in [2.05, 4.69) is 30.9 Å². The summed E-state index contributed by atoms with van der Waals surface area (Å²) in [5.74, 6) is 0.711. The Hall–Kier alpha value is -3.63. The van der Waals surface area contributed by atoms with Gasteiger partial charge < -0.3 is 15.4 Å². The molecule has 11 heteroatoms. The molecule has 1 amide bonds. The fraction of sp³-hybridized carbons (Fsp3) is 0.316. The van der Waals surface area contributed by atoms with Gasteiger partial charge in [0.2, 0.25) is 0 Å². The summed E-state index contributed by atoms with van der Waals surface area (Å²) >= 11 is 0. The van der Waals surface area contributed by atoms with Crippen molar-refractivity contribution in [2.45, 2.75) is 32.4 Å². The summed E-state index contributed by atoms with van der Waals surface area (Å²) in [5.41, 5.74) is 1.13. The number of hydrogen-bond donors (Lipinski definition) is 2. The minimum absolute atomic E-state index is 0.126. The number of halogens is 2. The second kappa shape index (κ2) is 7.65. The Bertz CT molecular complexity index is 1090. The van der Waals surface area contributed by atoms with Gasteiger partial charge in [-0.05, 0) is 43.7 Å². The van der Waals surface area contributed by atoms with Crippen molar-refractivity contribution in [2.24, 2.45) is 0 Å². The van der Waals surface area contributed by atoms with Crippen molar-refractivity contribution >= 4 is 17.7 Å². The summed E-state index contributed by atoms with van der Waals surface area (Å²) in [7, 11) is 0. The van der Waals surface area contributed by atoms with Crippen LogP contribution in [-0.2, 0) is 11.3 Å². The van der Waals surface area contributed by atoms with E-state index in [4.69, 9.17) is 4.74 Å². The summed E-state index contributed by atoms with van der Waals surface area (Å²) < 4.78 is 32.7. The molecule has 0 saturated carbocycles. The van der Waals surface area contributed by atoms with Crippen LogP contribution in [0.25, 0.3) is 11.4 Å². The van der Waals surface area contributed by atoms with Crippen molar-refractivity contribution < 1.29 is 18.3 Å². The fourth-order valence-electron chi connectivity index (χ4n) is 3.12. The van der Waals surface area contributed by atoms with Gasteiger partial charge in [0, 0.05) is 11.8 Å². The minimum Gasteiger partial charge on any atom is -0.439 e. The minimum atomic E-state index is -2.58. The predicted octanol–water partition coefficient (Wildman–Crippen LogP) is 3.22. The molecule has 3 aromatic rings. The lowest BCUT2D eigenvalue weighted by atomic mass is 10.1. The van der Waals surface area contributed by atoms with E-state index >= 15 is 0 Å². The van der Waals surface area contributed by atoms with Crippen LogP contribution in [0.2, 0.25) is 0 Å². The average molecular weight is 415 g/mol. The van der Waals surface area contributed by atoms with Gasteiger partial charge in [0.15, 0.2) is 0 Å². The number of alkyl halides is 2. The SMILES string of the molecule is Cc1cc(Nc2cc(C(F)F)ccn2)nc(-c2cn(CC3(C)CNC(=O)O3)nn2)c1. The zero-order valence-corrected chi connectivity index (χ0v) is 16.3. The number of anilines is 2. The van der Waals surface area contributed by atoms with Gasteiger partial charge in [-0.25, -0.2) is 28.2 Å². The summed E-state index contributed by atoms with van der Waals surface area (Å²) in [6, 6.07) is 6.15. The lowest BCUT2D eigenvalue weighted by Gasteiger charge is -2.19. The number of pyridine rings is 2. The van der Waals surface area contributed by atoms with Crippen LogP contribution in [0.1, 0.15) is 24.5 Å². The fourth-order valence-corrected chi connectivity index (χ4v) is 3.12. The molecule has 4 heterocycles. The molecule has 0 spiro atoms. The zero-order valence-electron chi connectivity index (χ0n) is 16.3. The normalized spacial score (nSPS) is 18.4. The number of nitrogens with zero attached hydrogens (tertiary/aromatic N) is 5. The average Bonchev–Trinajstić information content (AvgIpc) is 3.27. The molecule has 156 valence electrons. The Morgan fingerprint density at radius 1 is 1.30 bits per heavy atom. The smallest absolute Gasteiger partial charge is 0.407 e. The molecule has 1 aliphatic heterocycles. The number of aryl methyl sites for hydroxylation is 1. The third-order valence-electron chi connectivity index (χ3n) is 4.51. The maximum Gasteiger partial charge on any atom is 0.407 e. The van der Waals surface area contributed by atoms with Crippen LogP contribution in [0, 0.1) is 6.92 Å². The summed E-state index contributed by atoms with van der Waals surface area (Å²) in [6.45, 7) is 4.40. The highest BCUT2D eigenvalue weighted by molar-refractivity contribution is 5.70. The summed E-state index contributed by atoms with van der Waals surface area (Å²) in [5, 5.41) is 13.8. The van der Waals surface area contributed by atoms with E-state index < -0.39 is 18.1 Å². The number of carbonyl (C=O) groups excluding carboxylic acids is 1. The van der Waals surface area contributed by atoms with Gasteiger partial charge in [0.05, 0.1) is 25.0 Å². The second-order valence-corrected chi connectivity index (χ2v) is 7.31. The van der Waals surface area contributed by atoms with E-state index in [1.54, 1.807) is 23.9 Å². The number of rotatable bonds is 6. The van der Waals surface area contributed by atoms with Crippen LogP contribution in [0.3, 0.4) is 0 Å². The molecule has 30 heavy (non-hydrogen) atoms. The maximum absolute atomic E-state index is 12.9. The van der Waals surface area contributed by atoms with Gasteiger partial charge >= 0.3 is 6.09 Å². The van der Waals surface area contributed by atoms with Crippen LogP contribution < -0.4 is 10.6 Å². The van der Waals surface area contributed by atoms with Crippen LogP contribution in [0.4, 0.5) is 25.2 Å². The van der Waals surface area contributed by atoms with E-state index in [9.17, 15) is 13.6 Å². The number of aromatic nitrogens is 5. The molecule has 0 radical (unpaired) electrons. The van der Waals surface area contributed by atoms with E-state index in [-0.39, 0.29) is 11.4 Å². The topological polar surface area (TPSA) is 107 Å². The first-order valence-electron chi connectivity index (χ1n) is 9.17. The molecule has 4 rings (SSSR count). The van der Waals surface area contributed by atoms with Gasteiger partial charge in [0.25, 0.3) is 6.43 Å². The number of hydrogen-bond acceptors (Lipinski definition) is 7. The number of ether oxygens (including phenoxy) is 1. The largest absolute Gasteiger partial charge is 0.439 e. The van der Waals surface area contributed by atoms with E-state index in [1.807, 2.05) is 13.0 Å². The zero-order chi connectivity index (χ0) is 21.3. The summed E-state index contributed by atoms with van der Waals surface area (Å²) in [4.78, 5) is 19.9. The van der Waals surface area contributed by atoms with Gasteiger partial charge in [0.1, 0.15) is 22.9 Å². The standard InChI is InChI=1S/C19H19F2N7O2/c1-11-5-13(14-8-28(27-26-14)10-19(2)9-23-18(29)30-19)24-16(6-11)25-15-7-12(17(20)21)3-4-22-15/h3-8,17H,9-10H2,1-2H3,(H,23,29)(H,22,24,25). The Morgan fingerprint density at radius 2 is 2.13 bits per heavy atom.